The molecule has 0 unspecified atom stereocenters. The molecular formula is C16H19N3O. The Morgan fingerprint density at radius 2 is 1.90 bits per heavy atom. The molecule has 0 aliphatic carbocycles. The van der Waals surface area contributed by atoms with Gasteiger partial charge in [0.2, 0.25) is 0 Å². The number of piperazine rings is 1. The molecule has 1 aromatic heterocycles. The van der Waals surface area contributed by atoms with Crippen molar-refractivity contribution in [1.82, 2.24) is 9.88 Å². The number of hydrogen-bond donors (Lipinski definition) is 0. The zero-order chi connectivity index (χ0) is 14.1. The summed E-state index contributed by atoms with van der Waals surface area (Å²) in [7, 11) is 2.12. The Hall–Kier alpha value is -1.94. The summed E-state index contributed by atoms with van der Waals surface area (Å²) in [5, 5.41) is 1.02. The molecule has 0 spiro atoms. The molecule has 20 heavy (non-hydrogen) atoms. The molecule has 0 atom stereocenters. The van der Waals surface area contributed by atoms with E-state index in [4.69, 9.17) is 4.98 Å². The van der Waals surface area contributed by atoms with Crippen LogP contribution in [0.15, 0.2) is 24.3 Å². The van der Waals surface area contributed by atoms with E-state index >= 15 is 0 Å². The summed E-state index contributed by atoms with van der Waals surface area (Å²) in [5.74, 6) is 0.825. The second-order valence-electron chi connectivity index (χ2n) is 5.51. The Morgan fingerprint density at radius 1 is 1.15 bits per heavy atom. The number of aryl methyl sites for hydroxylation is 1. The maximum absolute atomic E-state index is 11.4. The minimum atomic E-state index is 0.686. The van der Waals surface area contributed by atoms with Crippen LogP contribution in [0.2, 0.25) is 0 Å². The fraction of sp³-hybridized carbons (Fsp3) is 0.375. The zero-order valence-corrected chi connectivity index (χ0v) is 12.0. The first-order chi connectivity index (χ1) is 9.67. The number of aldehydes is 1. The number of carbonyl (C=O) groups excluding carboxylic acids is 1. The standard InChI is InChI=1S/C16H19N3O/c1-12-3-4-13-10-14(11-20)16(17-15(13)9-12)19-7-5-18(2)6-8-19/h3-4,9-11H,5-8H2,1-2H3. The van der Waals surface area contributed by atoms with E-state index in [0.29, 0.717) is 5.56 Å². The van der Waals surface area contributed by atoms with Gasteiger partial charge in [0.1, 0.15) is 5.82 Å². The van der Waals surface area contributed by atoms with Crippen molar-refractivity contribution < 1.29 is 4.79 Å². The molecule has 1 saturated heterocycles. The molecule has 4 nitrogen and oxygen atoms in total. The molecule has 1 aliphatic heterocycles. The summed E-state index contributed by atoms with van der Waals surface area (Å²) < 4.78 is 0. The van der Waals surface area contributed by atoms with Crippen molar-refractivity contribution in [1.29, 1.82) is 0 Å². The quantitative estimate of drug-likeness (QED) is 0.782. The third kappa shape index (κ3) is 2.39. The van der Waals surface area contributed by atoms with E-state index in [1.807, 2.05) is 18.2 Å². The van der Waals surface area contributed by atoms with Gasteiger partial charge in [0, 0.05) is 31.6 Å². The van der Waals surface area contributed by atoms with Crippen LogP contribution in [0.1, 0.15) is 15.9 Å². The highest BCUT2D eigenvalue weighted by Gasteiger charge is 2.18. The number of benzene rings is 1. The highest BCUT2D eigenvalue weighted by molar-refractivity contribution is 5.92. The minimum absolute atomic E-state index is 0.686. The summed E-state index contributed by atoms with van der Waals surface area (Å²) in [6.07, 6.45) is 0.917. The van der Waals surface area contributed by atoms with Crippen molar-refractivity contribution in [3.63, 3.8) is 0 Å². The number of fused-ring (bicyclic) bond motifs is 1. The monoisotopic (exact) mass is 269 g/mol. The summed E-state index contributed by atoms with van der Waals surface area (Å²) in [6.45, 7) is 5.91. The lowest BCUT2D eigenvalue weighted by Gasteiger charge is -2.33. The fourth-order valence-electron chi connectivity index (χ4n) is 2.64. The predicted octanol–water partition coefficient (Wildman–Crippen LogP) is 2.11. The third-order valence-electron chi connectivity index (χ3n) is 3.91. The van der Waals surface area contributed by atoms with Crippen molar-refractivity contribution in [3.8, 4) is 0 Å². The summed E-state index contributed by atoms with van der Waals surface area (Å²) in [5.41, 5.74) is 2.84. The molecule has 1 fully saturated rings. The molecular weight excluding hydrogens is 250 g/mol. The summed E-state index contributed by atoms with van der Waals surface area (Å²) in [4.78, 5) is 20.6. The van der Waals surface area contributed by atoms with Crippen LogP contribution < -0.4 is 4.90 Å². The number of carbonyl (C=O) groups is 1. The largest absolute Gasteiger partial charge is 0.353 e. The van der Waals surface area contributed by atoms with E-state index in [9.17, 15) is 4.79 Å². The van der Waals surface area contributed by atoms with Gasteiger partial charge < -0.3 is 9.80 Å². The van der Waals surface area contributed by atoms with Gasteiger partial charge in [0.05, 0.1) is 11.1 Å². The van der Waals surface area contributed by atoms with Gasteiger partial charge in [-0.25, -0.2) is 4.98 Å². The highest BCUT2D eigenvalue weighted by atomic mass is 16.1. The van der Waals surface area contributed by atoms with Gasteiger partial charge in [0.15, 0.2) is 6.29 Å². The van der Waals surface area contributed by atoms with Crippen molar-refractivity contribution in [3.05, 3.63) is 35.4 Å². The lowest BCUT2D eigenvalue weighted by molar-refractivity contribution is 0.112. The smallest absolute Gasteiger partial charge is 0.153 e. The van der Waals surface area contributed by atoms with E-state index in [0.717, 1.165) is 49.2 Å². The molecule has 4 heteroatoms. The Kier molecular flexibility index (Phi) is 3.40. The van der Waals surface area contributed by atoms with Crippen molar-refractivity contribution in [2.45, 2.75) is 6.92 Å². The van der Waals surface area contributed by atoms with Crippen LogP contribution in [0.4, 0.5) is 5.82 Å². The first-order valence-electron chi connectivity index (χ1n) is 6.97. The Labute approximate surface area is 119 Å². The van der Waals surface area contributed by atoms with Gasteiger partial charge in [-0.3, -0.25) is 4.79 Å². The van der Waals surface area contributed by atoms with E-state index in [1.165, 1.54) is 5.56 Å². The summed E-state index contributed by atoms with van der Waals surface area (Å²) >= 11 is 0. The second-order valence-corrected chi connectivity index (χ2v) is 5.51. The fourth-order valence-corrected chi connectivity index (χ4v) is 2.64. The zero-order valence-electron chi connectivity index (χ0n) is 12.0. The maximum Gasteiger partial charge on any atom is 0.153 e. The van der Waals surface area contributed by atoms with Gasteiger partial charge in [-0.15, -0.1) is 0 Å². The van der Waals surface area contributed by atoms with Gasteiger partial charge in [-0.1, -0.05) is 12.1 Å². The first-order valence-corrected chi connectivity index (χ1v) is 6.97. The minimum Gasteiger partial charge on any atom is -0.353 e. The van der Waals surface area contributed by atoms with Gasteiger partial charge in [0.25, 0.3) is 0 Å². The van der Waals surface area contributed by atoms with Crippen LogP contribution >= 0.6 is 0 Å². The molecule has 0 radical (unpaired) electrons. The number of rotatable bonds is 2. The third-order valence-corrected chi connectivity index (χ3v) is 3.91. The Bertz CT molecular complexity index is 645. The Balaban J connectivity index is 2.06. The molecule has 0 N–H and O–H groups in total. The second kappa shape index (κ2) is 5.21. The number of pyridine rings is 1. The van der Waals surface area contributed by atoms with E-state index in [-0.39, 0.29) is 0 Å². The average Bonchev–Trinajstić information content (AvgIpc) is 2.46. The SMILES string of the molecule is Cc1ccc2cc(C=O)c(N3CCN(C)CC3)nc2c1. The first kappa shape index (κ1) is 13.1. The molecule has 1 aliphatic rings. The van der Waals surface area contributed by atoms with Crippen LogP contribution in [0.25, 0.3) is 10.9 Å². The number of nitrogens with zero attached hydrogens (tertiary/aromatic N) is 3. The molecule has 0 amide bonds. The van der Waals surface area contributed by atoms with Crippen LogP contribution in [0.3, 0.4) is 0 Å². The van der Waals surface area contributed by atoms with Crippen molar-refractivity contribution in [2.75, 3.05) is 38.1 Å². The van der Waals surface area contributed by atoms with Crippen LogP contribution in [0.5, 0.6) is 0 Å². The normalized spacial score (nSPS) is 16.6. The molecule has 2 heterocycles. The van der Waals surface area contributed by atoms with E-state index in [1.54, 1.807) is 0 Å². The molecule has 0 saturated carbocycles. The van der Waals surface area contributed by atoms with Crippen LogP contribution in [0, 0.1) is 6.92 Å². The number of hydrogen-bond acceptors (Lipinski definition) is 4. The van der Waals surface area contributed by atoms with E-state index in [2.05, 4.69) is 29.8 Å². The van der Waals surface area contributed by atoms with E-state index < -0.39 is 0 Å². The van der Waals surface area contributed by atoms with Gasteiger partial charge in [-0.2, -0.15) is 0 Å². The maximum atomic E-state index is 11.4. The predicted molar refractivity (Wildman–Crippen MR) is 81.6 cm³/mol. The molecule has 104 valence electrons. The molecule has 3 rings (SSSR count). The molecule has 1 aromatic carbocycles. The number of aromatic nitrogens is 1. The van der Waals surface area contributed by atoms with Crippen LogP contribution in [-0.4, -0.2) is 49.4 Å². The Morgan fingerprint density at radius 3 is 2.60 bits per heavy atom. The highest BCUT2D eigenvalue weighted by Crippen LogP contribution is 2.24. The van der Waals surface area contributed by atoms with Crippen LogP contribution in [-0.2, 0) is 0 Å². The van der Waals surface area contributed by atoms with Crippen molar-refractivity contribution in [2.24, 2.45) is 0 Å². The lowest BCUT2D eigenvalue weighted by atomic mass is 10.1. The average molecular weight is 269 g/mol. The summed E-state index contributed by atoms with van der Waals surface area (Å²) in [6, 6.07) is 8.10. The molecule has 2 aromatic rings. The topological polar surface area (TPSA) is 36.4 Å². The number of likely N-dealkylation sites (N-methyl/N-ethyl adjacent to an activating group) is 1. The number of anilines is 1. The molecule has 0 bridgehead atoms. The van der Waals surface area contributed by atoms with Gasteiger partial charge in [-0.05, 0) is 31.7 Å². The van der Waals surface area contributed by atoms with Gasteiger partial charge >= 0.3 is 0 Å². The van der Waals surface area contributed by atoms with Crippen molar-refractivity contribution >= 4 is 23.0 Å². The lowest BCUT2D eigenvalue weighted by Crippen LogP contribution is -2.45.